The Bertz CT molecular complexity index is 768. The van der Waals surface area contributed by atoms with E-state index in [0.29, 0.717) is 12.4 Å². The Morgan fingerprint density at radius 3 is 2.52 bits per heavy atom. The Kier molecular flexibility index (Phi) is 6.47. The van der Waals surface area contributed by atoms with E-state index in [-0.39, 0.29) is 11.6 Å². The summed E-state index contributed by atoms with van der Waals surface area (Å²) in [6, 6.07) is 7.92. The smallest absolute Gasteiger partial charge is 0.264 e. The number of aryl methyl sites for hydroxylation is 1. The molecule has 2 rings (SSSR count). The average Bonchev–Trinajstić information content (AvgIpc) is 2.62. The van der Waals surface area contributed by atoms with Gasteiger partial charge < -0.3 is 15.2 Å². The third kappa shape index (κ3) is 4.76. The molecule has 1 aromatic heterocycles. The largest absolute Gasteiger partial charge is 0.350 e. The Morgan fingerprint density at radius 2 is 1.96 bits per heavy atom. The quantitative estimate of drug-likeness (QED) is 0.809. The molecule has 25 heavy (non-hydrogen) atoms. The van der Waals surface area contributed by atoms with E-state index in [4.69, 9.17) is 0 Å². The predicted octanol–water partition coefficient (Wildman–Crippen LogP) is 2.21. The molecule has 0 saturated carbocycles. The number of hydrogen-bond acceptors (Lipinski definition) is 4. The third-order valence-corrected chi connectivity index (χ3v) is 4.46. The van der Waals surface area contributed by atoms with Crippen LogP contribution in [0.5, 0.6) is 0 Å². The topological polar surface area (TPSA) is 78.1 Å². The minimum atomic E-state index is -0.431. The summed E-state index contributed by atoms with van der Waals surface area (Å²) < 4.78 is 0. The number of amides is 1. The second kappa shape index (κ2) is 8.58. The summed E-state index contributed by atoms with van der Waals surface area (Å²) in [5, 5.41) is 2.83. The van der Waals surface area contributed by atoms with Crippen molar-refractivity contribution in [3.05, 3.63) is 51.9 Å². The van der Waals surface area contributed by atoms with Gasteiger partial charge in [-0.1, -0.05) is 43.7 Å². The predicted molar refractivity (Wildman–Crippen MR) is 99.7 cm³/mol. The van der Waals surface area contributed by atoms with E-state index >= 15 is 0 Å². The van der Waals surface area contributed by atoms with Gasteiger partial charge in [0.2, 0.25) is 0 Å². The molecule has 0 aliphatic carbocycles. The van der Waals surface area contributed by atoms with Crippen molar-refractivity contribution in [2.75, 3.05) is 20.1 Å². The number of rotatable bonds is 7. The van der Waals surface area contributed by atoms with Crippen LogP contribution in [0.4, 0.5) is 0 Å². The molecule has 134 valence electrons. The Morgan fingerprint density at radius 1 is 1.28 bits per heavy atom. The minimum Gasteiger partial charge on any atom is -0.350 e. The maximum atomic E-state index is 12.3. The first-order valence-electron chi connectivity index (χ1n) is 8.61. The fourth-order valence-electron chi connectivity index (χ4n) is 2.59. The van der Waals surface area contributed by atoms with Crippen LogP contribution >= 0.6 is 0 Å². The van der Waals surface area contributed by atoms with Gasteiger partial charge in [-0.15, -0.1) is 0 Å². The molecule has 2 aromatic rings. The lowest BCUT2D eigenvalue weighted by atomic mass is 10.1. The number of aromatic amines is 1. The number of hydrogen-bond donors (Lipinski definition) is 2. The van der Waals surface area contributed by atoms with E-state index in [2.05, 4.69) is 34.0 Å². The van der Waals surface area contributed by atoms with Crippen molar-refractivity contribution in [1.82, 2.24) is 20.2 Å². The molecule has 6 heteroatoms. The minimum absolute atomic E-state index is 0.0323. The van der Waals surface area contributed by atoms with Gasteiger partial charge in [0.25, 0.3) is 11.5 Å². The maximum Gasteiger partial charge on any atom is 0.264 e. The number of nitrogens with one attached hydrogen (secondary N) is 2. The van der Waals surface area contributed by atoms with Crippen LogP contribution in [0.3, 0.4) is 0 Å². The second-order valence-corrected chi connectivity index (χ2v) is 6.19. The molecule has 0 bridgehead atoms. The number of carbonyl (C=O) groups is 1. The van der Waals surface area contributed by atoms with E-state index < -0.39 is 11.5 Å². The molecule has 0 radical (unpaired) electrons. The van der Waals surface area contributed by atoms with Crippen molar-refractivity contribution in [3.8, 4) is 11.4 Å². The fraction of sp³-hybridized carbons (Fsp3) is 0.421. The lowest BCUT2D eigenvalue weighted by Gasteiger charge is -2.25. The highest BCUT2D eigenvalue weighted by Gasteiger charge is 2.16. The summed E-state index contributed by atoms with van der Waals surface area (Å²) >= 11 is 0. The van der Waals surface area contributed by atoms with Gasteiger partial charge in [-0.25, -0.2) is 4.98 Å². The molecular formula is C19H26N4O2. The molecule has 0 spiro atoms. The zero-order valence-electron chi connectivity index (χ0n) is 15.3. The summed E-state index contributed by atoms with van der Waals surface area (Å²) in [7, 11) is 2.02. The first kappa shape index (κ1) is 18.9. The first-order chi connectivity index (χ1) is 12.0. The van der Waals surface area contributed by atoms with Crippen molar-refractivity contribution in [2.45, 2.75) is 33.2 Å². The number of benzene rings is 1. The lowest BCUT2D eigenvalue weighted by Crippen LogP contribution is -2.42. The molecule has 0 unspecified atom stereocenters. The number of nitrogens with zero attached hydrogens (tertiary/aromatic N) is 2. The van der Waals surface area contributed by atoms with Gasteiger partial charge in [-0.05, 0) is 26.9 Å². The highest BCUT2D eigenvalue weighted by Crippen LogP contribution is 2.13. The highest BCUT2D eigenvalue weighted by atomic mass is 16.2. The SMILES string of the molecule is CC[C@@H](CNC(=O)c1cnc(-c2ccc(C)cc2)[nH]c1=O)N(C)CC. The second-order valence-electron chi connectivity index (χ2n) is 6.19. The monoisotopic (exact) mass is 342 g/mol. The molecule has 0 aliphatic heterocycles. The number of H-pyrrole nitrogens is 1. The van der Waals surface area contributed by atoms with Crippen LogP contribution in [0, 0.1) is 6.92 Å². The maximum absolute atomic E-state index is 12.3. The molecular weight excluding hydrogens is 316 g/mol. The number of carbonyl (C=O) groups excluding carboxylic acids is 1. The van der Waals surface area contributed by atoms with Crippen LogP contribution in [0.25, 0.3) is 11.4 Å². The van der Waals surface area contributed by atoms with Gasteiger partial charge in [0.05, 0.1) is 0 Å². The van der Waals surface area contributed by atoms with Crippen molar-refractivity contribution < 1.29 is 4.79 Å². The summed E-state index contributed by atoms with van der Waals surface area (Å²) in [5.41, 5.74) is 1.54. The van der Waals surface area contributed by atoms with Crippen LogP contribution in [0.2, 0.25) is 0 Å². The van der Waals surface area contributed by atoms with Gasteiger partial charge in [-0.3, -0.25) is 9.59 Å². The zero-order valence-corrected chi connectivity index (χ0v) is 15.3. The van der Waals surface area contributed by atoms with E-state index in [9.17, 15) is 9.59 Å². The standard InChI is InChI=1S/C19H26N4O2/c1-5-15(23(4)6-2)11-21-18(24)16-12-20-17(22-19(16)25)14-9-7-13(3)8-10-14/h7-10,12,15H,5-6,11H2,1-4H3,(H,21,24)(H,20,22,25)/t15-/m0/s1. The van der Waals surface area contributed by atoms with Gasteiger partial charge in [0, 0.05) is 24.3 Å². The molecule has 0 saturated heterocycles. The van der Waals surface area contributed by atoms with Gasteiger partial charge >= 0.3 is 0 Å². The summed E-state index contributed by atoms with van der Waals surface area (Å²) in [5.74, 6) is 0.0610. The average molecular weight is 342 g/mol. The molecule has 1 aromatic carbocycles. The van der Waals surface area contributed by atoms with Gasteiger partial charge in [0.1, 0.15) is 11.4 Å². The van der Waals surface area contributed by atoms with Gasteiger partial charge in [0.15, 0.2) is 0 Å². The van der Waals surface area contributed by atoms with Crippen molar-refractivity contribution >= 4 is 5.91 Å². The van der Waals surface area contributed by atoms with E-state index in [0.717, 1.165) is 24.1 Å². The Labute approximate surface area is 148 Å². The van der Waals surface area contributed by atoms with E-state index in [1.807, 2.05) is 38.2 Å². The first-order valence-corrected chi connectivity index (χ1v) is 8.61. The van der Waals surface area contributed by atoms with Crippen LogP contribution in [0.1, 0.15) is 36.2 Å². The summed E-state index contributed by atoms with van der Waals surface area (Å²) in [6.45, 7) is 7.55. The molecule has 1 atom stereocenters. The Balaban J connectivity index is 2.11. The van der Waals surface area contributed by atoms with Crippen LogP contribution < -0.4 is 10.9 Å². The lowest BCUT2D eigenvalue weighted by molar-refractivity contribution is 0.0936. The van der Waals surface area contributed by atoms with E-state index in [1.54, 1.807) is 0 Å². The van der Waals surface area contributed by atoms with Crippen LogP contribution in [-0.4, -0.2) is 47.0 Å². The summed E-state index contributed by atoms with van der Waals surface area (Å²) in [4.78, 5) is 33.7. The normalized spacial score (nSPS) is 12.2. The van der Waals surface area contributed by atoms with Crippen LogP contribution in [0.15, 0.2) is 35.3 Å². The highest BCUT2D eigenvalue weighted by molar-refractivity contribution is 5.93. The Hall–Kier alpha value is -2.47. The zero-order chi connectivity index (χ0) is 18.4. The molecule has 1 amide bonds. The molecule has 1 heterocycles. The number of aromatic nitrogens is 2. The van der Waals surface area contributed by atoms with Crippen molar-refractivity contribution in [1.29, 1.82) is 0 Å². The van der Waals surface area contributed by atoms with E-state index in [1.165, 1.54) is 6.20 Å². The molecule has 2 N–H and O–H groups in total. The van der Waals surface area contributed by atoms with Crippen LogP contribution in [-0.2, 0) is 0 Å². The molecule has 0 fully saturated rings. The molecule has 6 nitrogen and oxygen atoms in total. The molecule has 0 aliphatic rings. The van der Waals surface area contributed by atoms with Crippen molar-refractivity contribution in [2.24, 2.45) is 0 Å². The fourth-order valence-corrected chi connectivity index (χ4v) is 2.59. The third-order valence-electron chi connectivity index (χ3n) is 4.46. The van der Waals surface area contributed by atoms with Crippen molar-refractivity contribution in [3.63, 3.8) is 0 Å². The van der Waals surface area contributed by atoms with Gasteiger partial charge in [-0.2, -0.15) is 0 Å². The number of likely N-dealkylation sites (N-methyl/N-ethyl adjacent to an activating group) is 1. The summed E-state index contributed by atoms with van der Waals surface area (Å²) in [6.07, 6.45) is 2.26.